The molecule has 2 rings (SSSR count). The van der Waals surface area contributed by atoms with Crippen LogP contribution in [0.2, 0.25) is 0 Å². The van der Waals surface area contributed by atoms with Crippen LogP contribution < -0.4 is 10.9 Å². The summed E-state index contributed by atoms with van der Waals surface area (Å²) in [6.07, 6.45) is 5.63. The smallest absolute Gasteiger partial charge is 0.283 e. The molecule has 1 saturated heterocycles. The van der Waals surface area contributed by atoms with Gasteiger partial charge in [-0.2, -0.15) is 16.9 Å². The number of aryl methyl sites for hydroxylation is 1. The molecule has 0 amide bonds. The summed E-state index contributed by atoms with van der Waals surface area (Å²) in [5, 5.41) is 8.11. The van der Waals surface area contributed by atoms with E-state index >= 15 is 0 Å². The lowest BCUT2D eigenvalue weighted by Crippen LogP contribution is -2.25. The SMILES string of the molecule is CCn1ncc(NCC2CCCCS2)c(Br)c1=O. The molecule has 1 aliphatic heterocycles. The Morgan fingerprint density at radius 3 is 3.11 bits per heavy atom. The average molecular weight is 332 g/mol. The molecule has 1 aromatic rings. The van der Waals surface area contributed by atoms with Gasteiger partial charge in [0.2, 0.25) is 0 Å². The zero-order valence-electron chi connectivity index (χ0n) is 10.5. The highest BCUT2D eigenvalue weighted by molar-refractivity contribution is 9.10. The number of hydrogen-bond acceptors (Lipinski definition) is 4. The molecule has 6 heteroatoms. The van der Waals surface area contributed by atoms with E-state index in [-0.39, 0.29) is 5.56 Å². The van der Waals surface area contributed by atoms with Crippen LogP contribution in [0.4, 0.5) is 5.69 Å². The summed E-state index contributed by atoms with van der Waals surface area (Å²) in [7, 11) is 0. The van der Waals surface area contributed by atoms with E-state index in [1.54, 1.807) is 6.20 Å². The third-order valence-electron chi connectivity index (χ3n) is 3.08. The van der Waals surface area contributed by atoms with Crippen LogP contribution in [0.15, 0.2) is 15.5 Å². The maximum Gasteiger partial charge on any atom is 0.283 e. The number of halogens is 1. The Hall–Kier alpha value is -0.490. The van der Waals surface area contributed by atoms with Gasteiger partial charge >= 0.3 is 0 Å². The van der Waals surface area contributed by atoms with Crippen LogP contribution in [-0.2, 0) is 6.54 Å². The Labute approximate surface area is 120 Å². The molecule has 1 fully saturated rings. The van der Waals surface area contributed by atoms with Crippen LogP contribution >= 0.6 is 27.7 Å². The van der Waals surface area contributed by atoms with E-state index in [2.05, 4.69) is 26.3 Å². The summed E-state index contributed by atoms with van der Waals surface area (Å²) < 4.78 is 2.03. The Kier molecular flexibility index (Phi) is 5.12. The highest BCUT2D eigenvalue weighted by Gasteiger charge is 2.15. The van der Waals surface area contributed by atoms with Crippen LogP contribution in [0.3, 0.4) is 0 Å². The van der Waals surface area contributed by atoms with E-state index in [9.17, 15) is 4.79 Å². The topological polar surface area (TPSA) is 46.9 Å². The fourth-order valence-corrected chi connectivity index (χ4v) is 3.69. The largest absolute Gasteiger partial charge is 0.382 e. The maximum atomic E-state index is 11.9. The summed E-state index contributed by atoms with van der Waals surface area (Å²) in [5.41, 5.74) is 0.731. The molecule has 4 nitrogen and oxygen atoms in total. The number of anilines is 1. The standard InChI is InChI=1S/C12H18BrN3OS/c1-2-16-12(17)11(13)10(8-15-16)14-7-9-5-3-4-6-18-9/h8-9,14H,2-7H2,1H3. The summed E-state index contributed by atoms with van der Waals surface area (Å²) in [6.45, 7) is 3.41. The van der Waals surface area contributed by atoms with E-state index in [0.717, 1.165) is 12.2 Å². The number of hydrogen-bond donors (Lipinski definition) is 1. The zero-order valence-corrected chi connectivity index (χ0v) is 12.9. The van der Waals surface area contributed by atoms with Gasteiger partial charge in [0.25, 0.3) is 5.56 Å². The van der Waals surface area contributed by atoms with Crippen molar-refractivity contribution in [1.29, 1.82) is 0 Å². The van der Waals surface area contributed by atoms with Crippen molar-refractivity contribution in [3.63, 3.8) is 0 Å². The lowest BCUT2D eigenvalue weighted by molar-refractivity contribution is 0.612. The minimum atomic E-state index is -0.0706. The van der Waals surface area contributed by atoms with Crippen LogP contribution in [0.25, 0.3) is 0 Å². The molecule has 2 heterocycles. The van der Waals surface area contributed by atoms with Crippen LogP contribution in [0.1, 0.15) is 26.2 Å². The van der Waals surface area contributed by atoms with Crippen LogP contribution in [0.5, 0.6) is 0 Å². The van der Waals surface area contributed by atoms with Crippen molar-refractivity contribution in [2.75, 3.05) is 17.6 Å². The predicted molar refractivity (Wildman–Crippen MR) is 80.5 cm³/mol. The Morgan fingerprint density at radius 1 is 1.61 bits per heavy atom. The Bertz CT molecular complexity index is 457. The van der Waals surface area contributed by atoms with Gasteiger partial charge in [0.05, 0.1) is 11.9 Å². The van der Waals surface area contributed by atoms with Crippen molar-refractivity contribution in [2.24, 2.45) is 0 Å². The summed E-state index contributed by atoms with van der Waals surface area (Å²) in [5.74, 6) is 1.25. The lowest BCUT2D eigenvalue weighted by Gasteiger charge is -2.22. The first-order valence-electron chi connectivity index (χ1n) is 6.33. The highest BCUT2D eigenvalue weighted by atomic mass is 79.9. The van der Waals surface area contributed by atoms with E-state index in [1.165, 1.54) is 29.7 Å². The minimum Gasteiger partial charge on any atom is -0.382 e. The molecular weight excluding hydrogens is 314 g/mol. The van der Waals surface area contributed by atoms with Gasteiger partial charge in [-0.05, 0) is 41.4 Å². The monoisotopic (exact) mass is 331 g/mol. The molecule has 1 atom stereocenters. The second kappa shape index (κ2) is 6.61. The van der Waals surface area contributed by atoms with Crippen LogP contribution in [0, 0.1) is 0 Å². The fourth-order valence-electron chi connectivity index (χ4n) is 2.01. The van der Waals surface area contributed by atoms with Crippen molar-refractivity contribution in [3.8, 4) is 0 Å². The fraction of sp³-hybridized carbons (Fsp3) is 0.667. The maximum absolute atomic E-state index is 11.9. The second-order valence-electron chi connectivity index (χ2n) is 4.36. The van der Waals surface area contributed by atoms with Crippen molar-refractivity contribution >= 4 is 33.4 Å². The highest BCUT2D eigenvalue weighted by Crippen LogP contribution is 2.26. The molecule has 0 radical (unpaired) electrons. The minimum absolute atomic E-state index is 0.0706. The molecule has 0 bridgehead atoms. The molecule has 0 saturated carbocycles. The van der Waals surface area contributed by atoms with Crippen molar-refractivity contribution in [1.82, 2.24) is 9.78 Å². The first kappa shape index (κ1) is 13.9. The molecule has 18 heavy (non-hydrogen) atoms. The van der Waals surface area contributed by atoms with Gasteiger partial charge in [-0.1, -0.05) is 6.42 Å². The number of thioether (sulfide) groups is 1. The third-order valence-corrected chi connectivity index (χ3v) is 5.24. The van der Waals surface area contributed by atoms with Gasteiger partial charge in [-0.3, -0.25) is 4.79 Å². The molecule has 1 unspecified atom stereocenters. The quantitative estimate of drug-likeness (QED) is 0.921. The Morgan fingerprint density at radius 2 is 2.44 bits per heavy atom. The molecule has 1 aliphatic rings. The molecule has 0 spiro atoms. The third kappa shape index (κ3) is 3.29. The lowest BCUT2D eigenvalue weighted by atomic mass is 10.2. The number of rotatable bonds is 4. The number of aromatic nitrogens is 2. The summed E-state index contributed by atoms with van der Waals surface area (Å²) in [4.78, 5) is 11.9. The average Bonchev–Trinajstić information content (AvgIpc) is 2.42. The van der Waals surface area contributed by atoms with Gasteiger partial charge in [-0.15, -0.1) is 0 Å². The predicted octanol–water partition coefficient (Wildman–Crippen LogP) is 2.72. The summed E-state index contributed by atoms with van der Waals surface area (Å²) >= 11 is 5.37. The molecule has 1 aromatic heterocycles. The van der Waals surface area contributed by atoms with Gasteiger partial charge in [0, 0.05) is 18.3 Å². The van der Waals surface area contributed by atoms with E-state index in [0.29, 0.717) is 16.3 Å². The van der Waals surface area contributed by atoms with Crippen molar-refractivity contribution < 1.29 is 0 Å². The van der Waals surface area contributed by atoms with Crippen LogP contribution in [-0.4, -0.2) is 27.3 Å². The number of nitrogens with zero attached hydrogens (tertiary/aromatic N) is 2. The second-order valence-corrected chi connectivity index (χ2v) is 6.56. The van der Waals surface area contributed by atoms with Gasteiger partial charge in [-0.25, -0.2) is 4.68 Å². The summed E-state index contributed by atoms with van der Waals surface area (Å²) in [6, 6.07) is 0. The Balaban J connectivity index is 2.01. The molecular formula is C12H18BrN3OS. The van der Waals surface area contributed by atoms with Crippen molar-refractivity contribution in [3.05, 3.63) is 21.0 Å². The number of nitrogens with one attached hydrogen (secondary N) is 1. The van der Waals surface area contributed by atoms with Crippen molar-refractivity contribution in [2.45, 2.75) is 38.0 Å². The van der Waals surface area contributed by atoms with Gasteiger partial charge < -0.3 is 5.32 Å². The van der Waals surface area contributed by atoms with E-state index in [1.807, 2.05) is 18.7 Å². The normalized spacial score (nSPS) is 19.8. The van der Waals surface area contributed by atoms with Gasteiger partial charge in [0.1, 0.15) is 4.47 Å². The molecule has 1 N–H and O–H groups in total. The van der Waals surface area contributed by atoms with Gasteiger partial charge in [0.15, 0.2) is 0 Å². The zero-order chi connectivity index (χ0) is 13.0. The first-order chi connectivity index (χ1) is 8.72. The molecule has 100 valence electrons. The molecule has 0 aliphatic carbocycles. The van der Waals surface area contributed by atoms with E-state index in [4.69, 9.17) is 0 Å². The first-order valence-corrected chi connectivity index (χ1v) is 8.17. The molecule has 0 aromatic carbocycles. The van der Waals surface area contributed by atoms with E-state index < -0.39 is 0 Å².